The number of rotatable bonds is 6. The van der Waals surface area contributed by atoms with Crippen molar-refractivity contribution in [1.29, 1.82) is 0 Å². The fourth-order valence-corrected chi connectivity index (χ4v) is 4.81. The maximum absolute atomic E-state index is 13.3. The Morgan fingerprint density at radius 1 is 1.18 bits per heavy atom. The lowest BCUT2D eigenvalue weighted by atomic mass is 9.95. The summed E-state index contributed by atoms with van der Waals surface area (Å²) < 4.78 is 40.0. The Labute approximate surface area is 190 Å². The van der Waals surface area contributed by atoms with Gasteiger partial charge in [0.05, 0.1) is 6.54 Å². The molecule has 176 valence electrons. The van der Waals surface area contributed by atoms with Crippen molar-refractivity contribution in [3.05, 3.63) is 41.1 Å². The fourth-order valence-electron chi connectivity index (χ4n) is 4.81. The molecule has 2 aromatic rings. The number of amides is 1. The number of piperidine rings is 1. The maximum Gasteiger partial charge on any atom is 0.421 e. The number of likely N-dealkylation sites (tertiary alicyclic amines) is 1. The van der Waals surface area contributed by atoms with Crippen LogP contribution in [0.4, 0.5) is 30.6 Å². The standard InChI is InChI=1S/C23H27F3N6O/c1-31(2)12-20(33)32-10-13-7-14(11-32)18-8-16(5-6-17(13)18)29-22-27-9-19(23(24,25)26)21(30-22)28-15-3-4-15/h5-6,8-9,13-15H,3-4,7,10-12H2,1-2H3,(H2,27,28,29,30). The highest BCUT2D eigenvalue weighted by atomic mass is 19.4. The first-order chi connectivity index (χ1) is 15.7. The molecule has 1 saturated heterocycles. The summed E-state index contributed by atoms with van der Waals surface area (Å²) in [7, 11) is 3.77. The van der Waals surface area contributed by atoms with E-state index >= 15 is 0 Å². The molecule has 2 aliphatic carbocycles. The average molecular weight is 461 g/mol. The molecule has 1 amide bonds. The third-order valence-corrected chi connectivity index (χ3v) is 6.49. The highest BCUT2D eigenvalue weighted by Gasteiger charge is 2.39. The zero-order valence-corrected chi connectivity index (χ0v) is 18.6. The zero-order chi connectivity index (χ0) is 23.3. The van der Waals surface area contributed by atoms with Crippen molar-refractivity contribution in [1.82, 2.24) is 19.8 Å². The van der Waals surface area contributed by atoms with Crippen LogP contribution in [0.3, 0.4) is 0 Å². The molecular formula is C23H27F3N6O. The van der Waals surface area contributed by atoms with Crippen LogP contribution in [-0.2, 0) is 11.0 Å². The van der Waals surface area contributed by atoms with Crippen molar-refractivity contribution < 1.29 is 18.0 Å². The highest BCUT2D eigenvalue weighted by molar-refractivity contribution is 5.79. The van der Waals surface area contributed by atoms with E-state index < -0.39 is 11.7 Å². The first-order valence-corrected chi connectivity index (χ1v) is 11.2. The largest absolute Gasteiger partial charge is 0.421 e. The smallest absolute Gasteiger partial charge is 0.367 e. The number of nitrogens with zero attached hydrogens (tertiary/aromatic N) is 4. The number of benzene rings is 1. The number of hydrogen-bond acceptors (Lipinski definition) is 6. The second kappa shape index (κ2) is 8.16. The second-order valence-electron chi connectivity index (χ2n) is 9.51. The van der Waals surface area contributed by atoms with Gasteiger partial charge >= 0.3 is 6.18 Å². The molecule has 1 aromatic heterocycles. The molecule has 1 aromatic carbocycles. The molecule has 0 radical (unpaired) electrons. The Hall–Kier alpha value is -2.88. The number of aromatic nitrogens is 2. The number of carbonyl (C=O) groups excluding carboxylic acids is 1. The van der Waals surface area contributed by atoms with Gasteiger partial charge in [-0.15, -0.1) is 0 Å². The molecule has 10 heteroatoms. The quantitative estimate of drug-likeness (QED) is 0.684. The van der Waals surface area contributed by atoms with Crippen LogP contribution in [0.1, 0.15) is 47.8 Å². The van der Waals surface area contributed by atoms with Gasteiger partial charge in [0.1, 0.15) is 11.4 Å². The number of halogens is 3. The summed E-state index contributed by atoms with van der Waals surface area (Å²) in [5, 5.41) is 5.94. The molecule has 2 unspecified atom stereocenters. The fraction of sp³-hybridized carbons (Fsp3) is 0.522. The van der Waals surface area contributed by atoms with Crippen LogP contribution < -0.4 is 10.6 Å². The van der Waals surface area contributed by atoms with E-state index in [0.717, 1.165) is 37.7 Å². The summed E-state index contributed by atoms with van der Waals surface area (Å²) in [5.41, 5.74) is 2.30. The van der Waals surface area contributed by atoms with E-state index in [9.17, 15) is 18.0 Å². The average Bonchev–Trinajstić information content (AvgIpc) is 3.52. The van der Waals surface area contributed by atoms with E-state index in [2.05, 4.69) is 26.7 Å². The number of nitrogens with one attached hydrogen (secondary N) is 2. The Bertz CT molecular complexity index is 1070. The van der Waals surface area contributed by atoms with E-state index in [4.69, 9.17) is 0 Å². The molecule has 1 aliphatic heterocycles. The molecule has 7 nitrogen and oxygen atoms in total. The van der Waals surface area contributed by atoms with E-state index in [-0.39, 0.29) is 29.6 Å². The normalized spacial score (nSPS) is 21.8. The molecule has 33 heavy (non-hydrogen) atoms. The van der Waals surface area contributed by atoms with Gasteiger partial charge in [0, 0.05) is 42.9 Å². The highest BCUT2D eigenvalue weighted by Crippen LogP contribution is 2.47. The van der Waals surface area contributed by atoms with Gasteiger partial charge in [0.2, 0.25) is 11.9 Å². The van der Waals surface area contributed by atoms with E-state index in [1.165, 1.54) is 11.1 Å². The number of fused-ring (bicyclic) bond motifs is 5. The molecule has 2 heterocycles. The topological polar surface area (TPSA) is 73.4 Å². The number of hydrogen-bond donors (Lipinski definition) is 2. The monoisotopic (exact) mass is 460 g/mol. The van der Waals surface area contributed by atoms with Gasteiger partial charge in [0.15, 0.2) is 0 Å². The van der Waals surface area contributed by atoms with Crippen LogP contribution in [0.15, 0.2) is 24.4 Å². The van der Waals surface area contributed by atoms with Crippen LogP contribution in [0.2, 0.25) is 0 Å². The number of likely N-dealkylation sites (N-methyl/N-ethyl adjacent to an activating group) is 1. The van der Waals surface area contributed by atoms with Gasteiger partial charge < -0.3 is 20.4 Å². The Morgan fingerprint density at radius 3 is 2.58 bits per heavy atom. The van der Waals surface area contributed by atoms with Gasteiger partial charge in [-0.3, -0.25) is 4.79 Å². The van der Waals surface area contributed by atoms with Crippen LogP contribution in [-0.4, -0.2) is 65.4 Å². The summed E-state index contributed by atoms with van der Waals surface area (Å²) in [6.07, 6.45) is -1.00. The SMILES string of the molecule is CN(C)CC(=O)N1CC2CC(C1)c1cc(Nc3ncc(C(F)(F)F)c(NC4CC4)n3)ccc12. The summed E-state index contributed by atoms with van der Waals surface area (Å²) in [4.78, 5) is 24.4. The lowest BCUT2D eigenvalue weighted by Gasteiger charge is -2.33. The molecule has 2 atom stereocenters. The second-order valence-corrected chi connectivity index (χ2v) is 9.51. The van der Waals surface area contributed by atoms with Gasteiger partial charge in [-0.25, -0.2) is 4.98 Å². The summed E-state index contributed by atoms with van der Waals surface area (Å²) in [5.74, 6) is 0.641. The molecule has 2 N–H and O–H groups in total. The third kappa shape index (κ3) is 4.62. The maximum atomic E-state index is 13.3. The first kappa shape index (κ1) is 21.9. The Kier molecular flexibility index (Phi) is 5.43. The third-order valence-electron chi connectivity index (χ3n) is 6.49. The van der Waals surface area contributed by atoms with Crippen molar-refractivity contribution >= 4 is 23.4 Å². The molecule has 0 spiro atoms. The number of carbonyl (C=O) groups is 1. The molecule has 5 rings (SSSR count). The van der Waals surface area contributed by atoms with Crippen LogP contribution in [0, 0.1) is 0 Å². The summed E-state index contributed by atoms with van der Waals surface area (Å²) >= 11 is 0. The molecule has 2 fully saturated rings. The van der Waals surface area contributed by atoms with Crippen molar-refractivity contribution in [2.45, 2.75) is 43.3 Å². The lowest BCUT2D eigenvalue weighted by molar-refractivity contribution is -0.137. The molecule has 1 saturated carbocycles. The van der Waals surface area contributed by atoms with Crippen molar-refractivity contribution in [3.8, 4) is 0 Å². The first-order valence-electron chi connectivity index (χ1n) is 11.2. The van der Waals surface area contributed by atoms with Gasteiger partial charge in [-0.2, -0.15) is 18.2 Å². The molecule has 3 aliphatic rings. The Morgan fingerprint density at radius 2 is 1.91 bits per heavy atom. The van der Waals surface area contributed by atoms with Gasteiger partial charge in [-0.05, 0) is 56.6 Å². The predicted octanol–water partition coefficient (Wildman–Crippen LogP) is 3.79. The van der Waals surface area contributed by atoms with Gasteiger partial charge in [-0.1, -0.05) is 6.07 Å². The molecular weight excluding hydrogens is 433 g/mol. The van der Waals surface area contributed by atoms with E-state index in [0.29, 0.717) is 19.0 Å². The summed E-state index contributed by atoms with van der Waals surface area (Å²) in [6.45, 7) is 1.80. The van der Waals surface area contributed by atoms with E-state index in [1.807, 2.05) is 36.0 Å². The zero-order valence-electron chi connectivity index (χ0n) is 18.6. The van der Waals surface area contributed by atoms with Crippen molar-refractivity contribution in [2.75, 3.05) is 44.4 Å². The summed E-state index contributed by atoms with van der Waals surface area (Å²) in [6, 6.07) is 6.01. The van der Waals surface area contributed by atoms with Crippen LogP contribution in [0.5, 0.6) is 0 Å². The van der Waals surface area contributed by atoms with Crippen molar-refractivity contribution in [2.24, 2.45) is 0 Å². The number of alkyl halides is 3. The van der Waals surface area contributed by atoms with E-state index in [1.54, 1.807) is 0 Å². The minimum absolute atomic E-state index is 0.0336. The van der Waals surface area contributed by atoms with Crippen LogP contribution >= 0.6 is 0 Å². The molecule has 2 bridgehead atoms. The van der Waals surface area contributed by atoms with Crippen LogP contribution in [0.25, 0.3) is 0 Å². The minimum atomic E-state index is -4.52. The Balaban J connectivity index is 1.35. The van der Waals surface area contributed by atoms with Gasteiger partial charge in [0.25, 0.3) is 0 Å². The van der Waals surface area contributed by atoms with Crippen molar-refractivity contribution in [3.63, 3.8) is 0 Å². The minimum Gasteiger partial charge on any atom is -0.367 e. The number of anilines is 3. The predicted molar refractivity (Wildman–Crippen MR) is 119 cm³/mol. The lowest BCUT2D eigenvalue weighted by Crippen LogP contribution is -2.43.